The highest BCUT2D eigenvalue weighted by atomic mass is 32.1. The molecule has 0 unspecified atom stereocenters. The van der Waals surface area contributed by atoms with Crippen LogP contribution in [0.1, 0.15) is 0 Å². The molecule has 1 aromatic rings. The van der Waals surface area contributed by atoms with Crippen molar-refractivity contribution in [2.45, 2.75) is 0 Å². The molecule has 1 rings (SSSR count). The maximum absolute atomic E-state index is 11.9. The molecular formula is C4H4BF3NOS-. The highest BCUT2D eigenvalue weighted by Gasteiger charge is 2.28. The van der Waals surface area contributed by atoms with E-state index in [-0.39, 0.29) is 5.88 Å². The maximum Gasteiger partial charge on any atom is 0.521 e. The van der Waals surface area contributed by atoms with Crippen LogP contribution in [0.5, 0.6) is 5.88 Å². The Labute approximate surface area is 65.2 Å². The number of rotatable bonds is 2. The zero-order valence-electron chi connectivity index (χ0n) is 5.55. The van der Waals surface area contributed by atoms with Gasteiger partial charge in [0.25, 0.3) is 0 Å². The molecule has 1 heterocycles. The van der Waals surface area contributed by atoms with E-state index in [0.717, 1.165) is 6.07 Å². The van der Waals surface area contributed by atoms with Crippen molar-refractivity contribution in [1.82, 2.24) is 4.37 Å². The summed E-state index contributed by atoms with van der Waals surface area (Å²) in [6.45, 7) is -4.91. The summed E-state index contributed by atoms with van der Waals surface area (Å²) < 4.78 is 43.0. The van der Waals surface area contributed by atoms with Crippen LogP contribution in [0, 0.1) is 0 Å². The van der Waals surface area contributed by atoms with Crippen molar-refractivity contribution >= 4 is 23.3 Å². The van der Waals surface area contributed by atoms with Gasteiger partial charge in [0, 0.05) is 0 Å². The second-order valence-corrected chi connectivity index (χ2v) is 2.68. The van der Waals surface area contributed by atoms with Gasteiger partial charge in [-0.2, -0.15) is 4.37 Å². The molecule has 2 nitrogen and oxygen atoms in total. The summed E-state index contributed by atoms with van der Waals surface area (Å²) in [6, 6.07) is 0.894. The Balaban J connectivity index is 2.89. The Hall–Kier alpha value is -0.715. The van der Waals surface area contributed by atoms with E-state index < -0.39 is 11.8 Å². The Morgan fingerprint density at radius 2 is 2.18 bits per heavy atom. The SMILES string of the molecule is COc1cc([B-](F)(F)F)sn1. The monoisotopic (exact) mass is 182 g/mol. The van der Waals surface area contributed by atoms with Crippen LogP contribution in [-0.2, 0) is 0 Å². The van der Waals surface area contributed by atoms with Crippen LogP contribution in [0.15, 0.2) is 6.07 Å². The zero-order valence-corrected chi connectivity index (χ0v) is 6.37. The summed E-state index contributed by atoms with van der Waals surface area (Å²) in [5.41, 5.74) is 0. The van der Waals surface area contributed by atoms with E-state index in [2.05, 4.69) is 9.11 Å². The number of hydrogen-bond donors (Lipinski definition) is 0. The summed E-state index contributed by atoms with van der Waals surface area (Å²) in [4.78, 5) is 0. The van der Waals surface area contributed by atoms with Crippen LogP contribution >= 0.6 is 11.5 Å². The summed E-state index contributed by atoms with van der Waals surface area (Å²) in [6.07, 6.45) is 0. The summed E-state index contributed by atoms with van der Waals surface area (Å²) in [5.74, 6) is 0.0178. The molecule has 0 saturated carbocycles. The molecule has 0 aromatic carbocycles. The van der Waals surface area contributed by atoms with E-state index in [1.165, 1.54) is 7.11 Å². The molecule has 0 bridgehead atoms. The summed E-state index contributed by atoms with van der Waals surface area (Å²) >= 11 is 0.409. The first kappa shape index (κ1) is 8.38. The number of ether oxygens (including phenoxy) is 1. The summed E-state index contributed by atoms with van der Waals surface area (Å²) in [7, 11) is 1.28. The van der Waals surface area contributed by atoms with Crippen molar-refractivity contribution in [3.05, 3.63) is 6.07 Å². The van der Waals surface area contributed by atoms with Gasteiger partial charge in [0.2, 0.25) is 5.88 Å². The lowest BCUT2D eigenvalue weighted by atomic mass is 9.90. The van der Waals surface area contributed by atoms with Gasteiger partial charge < -0.3 is 17.7 Å². The average molecular weight is 182 g/mol. The molecule has 62 valence electrons. The number of methoxy groups -OCH3 is 1. The first-order chi connectivity index (χ1) is 5.04. The van der Waals surface area contributed by atoms with Crippen LogP contribution in [-0.4, -0.2) is 18.5 Å². The molecule has 11 heavy (non-hydrogen) atoms. The van der Waals surface area contributed by atoms with E-state index >= 15 is 0 Å². The van der Waals surface area contributed by atoms with E-state index in [9.17, 15) is 12.9 Å². The molecule has 0 aliphatic rings. The van der Waals surface area contributed by atoms with Crippen LogP contribution < -0.4 is 9.51 Å². The minimum Gasteiger partial charge on any atom is -0.480 e. The Kier molecular flexibility index (Phi) is 2.08. The van der Waals surface area contributed by atoms with Gasteiger partial charge in [-0.15, -0.1) is 0 Å². The first-order valence-electron chi connectivity index (χ1n) is 2.74. The maximum atomic E-state index is 11.9. The highest BCUT2D eigenvalue weighted by Crippen LogP contribution is 2.15. The van der Waals surface area contributed by atoms with Gasteiger partial charge in [0.05, 0.1) is 7.11 Å². The van der Waals surface area contributed by atoms with Crippen LogP contribution in [0.25, 0.3) is 0 Å². The smallest absolute Gasteiger partial charge is 0.480 e. The van der Waals surface area contributed by atoms with E-state index in [1.54, 1.807) is 0 Å². The normalized spacial score (nSPS) is 11.6. The Bertz CT molecular complexity index is 248. The molecule has 0 radical (unpaired) electrons. The molecule has 0 amide bonds. The lowest BCUT2D eigenvalue weighted by molar-refractivity contribution is 0.402. The lowest BCUT2D eigenvalue weighted by Crippen LogP contribution is -2.30. The highest BCUT2D eigenvalue weighted by molar-refractivity contribution is 7.19. The topological polar surface area (TPSA) is 22.1 Å². The third kappa shape index (κ3) is 1.86. The van der Waals surface area contributed by atoms with Crippen molar-refractivity contribution in [3.63, 3.8) is 0 Å². The first-order valence-corrected chi connectivity index (χ1v) is 3.52. The van der Waals surface area contributed by atoms with Gasteiger partial charge >= 0.3 is 6.98 Å². The van der Waals surface area contributed by atoms with Crippen LogP contribution in [0.2, 0.25) is 0 Å². The minimum absolute atomic E-state index is 0.0178. The predicted molar refractivity (Wildman–Crippen MR) is 37.4 cm³/mol. The van der Waals surface area contributed by atoms with Crippen molar-refractivity contribution < 1.29 is 17.7 Å². The largest absolute Gasteiger partial charge is 0.521 e. The molecule has 1 aromatic heterocycles. The molecular weight excluding hydrogens is 178 g/mol. The molecule has 0 aliphatic heterocycles. The third-order valence-corrected chi connectivity index (χ3v) is 1.91. The van der Waals surface area contributed by atoms with Gasteiger partial charge in [-0.3, -0.25) is 0 Å². The zero-order chi connectivity index (χ0) is 8.48. The standard InChI is InChI=1S/C4H4BF3NOS/c1-10-4-2-3(11-9-4)5(6,7)8/h2H,1H3/q-1. The van der Waals surface area contributed by atoms with Gasteiger partial charge in [-0.25, -0.2) is 0 Å². The second-order valence-electron chi connectivity index (χ2n) is 1.85. The quantitative estimate of drug-likeness (QED) is 0.641. The number of aromatic nitrogens is 1. The average Bonchev–Trinajstić information content (AvgIpc) is 2.32. The summed E-state index contributed by atoms with van der Waals surface area (Å²) in [5, 5.41) is 0. The fourth-order valence-electron chi connectivity index (χ4n) is 0.523. The van der Waals surface area contributed by atoms with Gasteiger partial charge in [-0.1, -0.05) is 11.5 Å². The Morgan fingerprint density at radius 1 is 1.55 bits per heavy atom. The molecule has 0 aliphatic carbocycles. The van der Waals surface area contributed by atoms with Gasteiger partial charge in [0.15, 0.2) is 0 Å². The van der Waals surface area contributed by atoms with Crippen molar-refractivity contribution in [2.24, 2.45) is 0 Å². The molecule has 7 heteroatoms. The fourth-order valence-corrected chi connectivity index (χ4v) is 1.12. The second kappa shape index (κ2) is 2.73. The minimum atomic E-state index is -4.91. The number of nitrogens with zero attached hydrogens (tertiary/aromatic N) is 1. The molecule has 0 saturated heterocycles. The number of hydrogen-bond acceptors (Lipinski definition) is 3. The van der Waals surface area contributed by atoms with Crippen molar-refractivity contribution in [3.8, 4) is 5.88 Å². The Morgan fingerprint density at radius 3 is 2.45 bits per heavy atom. The fraction of sp³-hybridized carbons (Fsp3) is 0.250. The van der Waals surface area contributed by atoms with Crippen LogP contribution in [0.3, 0.4) is 0 Å². The molecule has 0 N–H and O–H groups in total. The van der Waals surface area contributed by atoms with Crippen LogP contribution in [0.4, 0.5) is 12.9 Å². The van der Waals surface area contributed by atoms with E-state index in [4.69, 9.17) is 0 Å². The molecule has 0 spiro atoms. The van der Waals surface area contributed by atoms with Crippen molar-refractivity contribution in [1.29, 1.82) is 0 Å². The lowest BCUT2D eigenvalue weighted by Gasteiger charge is -2.08. The van der Waals surface area contributed by atoms with E-state index in [1.807, 2.05) is 0 Å². The molecule has 0 fully saturated rings. The predicted octanol–water partition coefficient (Wildman–Crippen LogP) is 1.21. The van der Waals surface area contributed by atoms with Gasteiger partial charge in [0.1, 0.15) is 0 Å². The molecule has 0 atom stereocenters. The van der Waals surface area contributed by atoms with E-state index in [0.29, 0.717) is 11.5 Å². The third-order valence-electron chi connectivity index (χ3n) is 1.04. The van der Waals surface area contributed by atoms with Crippen molar-refractivity contribution in [2.75, 3.05) is 7.11 Å². The number of halogens is 3. The van der Waals surface area contributed by atoms with Gasteiger partial charge in [-0.05, 0) is 10.8 Å².